The lowest BCUT2D eigenvalue weighted by molar-refractivity contribution is 0.102. The number of hydrogen-bond donors (Lipinski definition) is 2. The number of nitrogens with zero attached hydrogens (tertiary/aromatic N) is 1. The number of nitrogens with one attached hydrogen (secondary N) is 1. The number of anilines is 1. The van der Waals surface area contributed by atoms with Crippen LogP contribution in [0.1, 0.15) is 15.9 Å². The topological polar surface area (TPSA) is 68.0 Å². The third kappa shape index (κ3) is 3.31. The third-order valence-electron chi connectivity index (χ3n) is 3.70. The van der Waals surface area contributed by atoms with E-state index in [1.807, 2.05) is 36.4 Å². The lowest BCUT2D eigenvalue weighted by Crippen LogP contribution is -2.13. The van der Waals surface area contributed by atoms with Crippen LogP contribution in [0.5, 0.6) is 0 Å². The number of nitrogens with two attached hydrogens (primary N) is 1. The molecule has 0 radical (unpaired) electrons. The van der Waals surface area contributed by atoms with Crippen LogP contribution in [0.4, 0.5) is 10.1 Å². The Bertz CT molecular complexity index is 865. The first kappa shape index (κ1) is 15.8. The molecule has 3 aromatic rings. The highest BCUT2D eigenvalue weighted by Gasteiger charge is 2.12. The van der Waals surface area contributed by atoms with Gasteiger partial charge in [-0.1, -0.05) is 36.4 Å². The van der Waals surface area contributed by atoms with Crippen LogP contribution >= 0.6 is 0 Å². The van der Waals surface area contributed by atoms with Gasteiger partial charge in [-0.2, -0.15) is 0 Å². The van der Waals surface area contributed by atoms with Crippen LogP contribution in [-0.4, -0.2) is 10.9 Å². The van der Waals surface area contributed by atoms with Crippen molar-refractivity contribution < 1.29 is 9.18 Å². The monoisotopic (exact) mass is 321 g/mol. The van der Waals surface area contributed by atoms with E-state index < -0.39 is 5.82 Å². The van der Waals surface area contributed by atoms with E-state index in [4.69, 9.17) is 5.73 Å². The average Bonchev–Trinajstić information content (AvgIpc) is 2.63. The van der Waals surface area contributed by atoms with Gasteiger partial charge in [-0.25, -0.2) is 4.39 Å². The Morgan fingerprint density at radius 1 is 1.12 bits per heavy atom. The van der Waals surface area contributed by atoms with Crippen molar-refractivity contribution in [2.45, 2.75) is 6.54 Å². The first-order valence-electron chi connectivity index (χ1n) is 7.48. The van der Waals surface area contributed by atoms with Crippen molar-refractivity contribution >= 4 is 11.6 Å². The summed E-state index contributed by atoms with van der Waals surface area (Å²) in [5.41, 5.74) is 9.13. The van der Waals surface area contributed by atoms with Crippen LogP contribution in [0.15, 0.2) is 67.0 Å². The Hall–Kier alpha value is -3.05. The van der Waals surface area contributed by atoms with Crippen LogP contribution in [0, 0.1) is 5.82 Å². The molecule has 0 aliphatic rings. The summed E-state index contributed by atoms with van der Waals surface area (Å²) in [5.74, 6) is -0.964. The van der Waals surface area contributed by atoms with E-state index in [1.54, 1.807) is 12.1 Å². The molecule has 120 valence electrons. The van der Waals surface area contributed by atoms with Gasteiger partial charge in [0.25, 0.3) is 5.91 Å². The fourth-order valence-electron chi connectivity index (χ4n) is 2.45. The lowest BCUT2D eigenvalue weighted by Gasteiger charge is -2.11. The largest absolute Gasteiger partial charge is 0.326 e. The Morgan fingerprint density at radius 2 is 1.92 bits per heavy atom. The predicted octanol–water partition coefficient (Wildman–Crippen LogP) is 3.60. The second-order valence-electron chi connectivity index (χ2n) is 5.25. The van der Waals surface area contributed by atoms with E-state index >= 15 is 0 Å². The predicted molar refractivity (Wildman–Crippen MR) is 91.9 cm³/mol. The molecular formula is C19H16FN3O. The molecule has 3 rings (SSSR count). The summed E-state index contributed by atoms with van der Waals surface area (Å²) in [4.78, 5) is 16.1. The minimum atomic E-state index is -0.576. The van der Waals surface area contributed by atoms with Gasteiger partial charge in [-0.3, -0.25) is 9.78 Å². The maximum Gasteiger partial charge on any atom is 0.255 e. The van der Waals surface area contributed by atoms with E-state index in [9.17, 15) is 9.18 Å². The highest BCUT2D eigenvalue weighted by Crippen LogP contribution is 2.25. The van der Waals surface area contributed by atoms with E-state index in [1.165, 1.54) is 12.3 Å². The highest BCUT2D eigenvalue weighted by molar-refractivity contribution is 6.05. The summed E-state index contributed by atoms with van der Waals surface area (Å²) in [6.07, 6.45) is 2.48. The summed E-state index contributed by atoms with van der Waals surface area (Å²) in [7, 11) is 0. The second-order valence-corrected chi connectivity index (χ2v) is 5.25. The standard InChI is InChI=1S/C19H16FN3O/c20-17-12-22-9-8-18(17)23-19(24)14-6-7-15(11-21)16(10-14)13-4-2-1-3-5-13/h1-10,12H,11,21H2,(H,22,23,24). The molecule has 0 saturated heterocycles. The molecular weight excluding hydrogens is 305 g/mol. The van der Waals surface area contributed by atoms with Gasteiger partial charge in [0.1, 0.15) is 0 Å². The van der Waals surface area contributed by atoms with Crippen LogP contribution in [-0.2, 0) is 6.54 Å². The van der Waals surface area contributed by atoms with Crippen LogP contribution in [0.25, 0.3) is 11.1 Å². The van der Waals surface area contributed by atoms with Crippen molar-refractivity contribution in [3.8, 4) is 11.1 Å². The molecule has 1 aromatic heterocycles. The van der Waals surface area contributed by atoms with E-state index in [-0.39, 0.29) is 11.6 Å². The fourth-order valence-corrected chi connectivity index (χ4v) is 2.45. The number of carbonyl (C=O) groups excluding carboxylic acids is 1. The van der Waals surface area contributed by atoms with E-state index in [0.717, 1.165) is 22.9 Å². The van der Waals surface area contributed by atoms with Gasteiger partial charge < -0.3 is 11.1 Å². The number of amides is 1. The van der Waals surface area contributed by atoms with Crippen molar-refractivity contribution in [2.24, 2.45) is 5.73 Å². The lowest BCUT2D eigenvalue weighted by atomic mass is 9.97. The summed E-state index contributed by atoms with van der Waals surface area (Å²) in [5, 5.41) is 2.56. The van der Waals surface area contributed by atoms with Gasteiger partial charge >= 0.3 is 0 Å². The molecule has 0 aliphatic carbocycles. The van der Waals surface area contributed by atoms with Gasteiger partial charge in [0.05, 0.1) is 11.9 Å². The van der Waals surface area contributed by atoms with E-state index in [2.05, 4.69) is 10.3 Å². The molecule has 3 N–H and O–H groups in total. The summed E-state index contributed by atoms with van der Waals surface area (Å²) < 4.78 is 13.6. The Kier molecular flexibility index (Phi) is 4.63. The van der Waals surface area contributed by atoms with Gasteiger partial charge in [-0.15, -0.1) is 0 Å². The van der Waals surface area contributed by atoms with Gasteiger partial charge in [0.15, 0.2) is 5.82 Å². The zero-order valence-corrected chi connectivity index (χ0v) is 12.9. The number of rotatable bonds is 4. The van der Waals surface area contributed by atoms with Crippen molar-refractivity contribution in [1.29, 1.82) is 0 Å². The minimum Gasteiger partial charge on any atom is -0.326 e. The molecule has 1 heterocycles. The molecule has 0 aliphatic heterocycles. The van der Waals surface area contributed by atoms with Gasteiger partial charge in [0.2, 0.25) is 0 Å². The molecule has 4 nitrogen and oxygen atoms in total. The molecule has 0 saturated carbocycles. The van der Waals surface area contributed by atoms with Crippen LogP contribution < -0.4 is 11.1 Å². The Morgan fingerprint density at radius 3 is 2.62 bits per heavy atom. The Balaban J connectivity index is 1.94. The number of aromatic nitrogens is 1. The molecule has 24 heavy (non-hydrogen) atoms. The van der Waals surface area contributed by atoms with Crippen LogP contribution in [0.3, 0.4) is 0 Å². The molecule has 0 spiro atoms. The van der Waals surface area contributed by atoms with E-state index in [0.29, 0.717) is 12.1 Å². The Labute approximate surface area is 139 Å². The smallest absolute Gasteiger partial charge is 0.255 e. The highest BCUT2D eigenvalue weighted by atomic mass is 19.1. The second kappa shape index (κ2) is 7.02. The van der Waals surface area contributed by atoms with Crippen molar-refractivity contribution in [3.05, 3.63) is 83.9 Å². The fraction of sp³-hybridized carbons (Fsp3) is 0.0526. The molecule has 0 fully saturated rings. The first-order chi connectivity index (χ1) is 11.7. The van der Waals surface area contributed by atoms with Gasteiger partial charge in [0, 0.05) is 18.3 Å². The summed E-state index contributed by atoms with van der Waals surface area (Å²) in [6, 6.07) is 16.4. The van der Waals surface area contributed by atoms with Crippen molar-refractivity contribution in [1.82, 2.24) is 4.98 Å². The maximum atomic E-state index is 13.6. The van der Waals surface area contributed by atoms with Crippen molar-refractivity contribution in [3.63, 3.8) is 0 Å². The molecule has 0 atom stereocenters. The number of pyridine rings is 1. The number of hydrogen-bond acceptors (Lipinski definition) is 3. The average molecular weight is 321 g/mol. The maximum absolute atomic E-state index is 13.6. The van der Waals surface area contributed by atoms with Crippen LogP contribution in [0.2, 0.25) is 0 Å². The van der Waals surface area contributed by atoms with Crippen molar-refractivity contribution in [2.75, 3.05) is 5.32 Å². The molecule has 1 amide bonds. The first-order valence-corrected chi connectivity index (χ1v) is 7.48. The zero-order valence-electron chi connectivity index (χ0n) is 12.9. The summed E-state index contributed by atoms with van der Waals surface area (Å²) in [6.45, 7) is 0.366. The molecule has 0 bridgehead atoms. The number of carbonyl (C=O) groups is 1. The normalized spacial score (nSPS) is 10.4. The molecule has 0 unspecified atom stereocenters. The zero-order chi connectivity index (χ0) is 16.9. The molecule has 5 heteroatoms. The quantitative estimate of drug-likeness (QED) is 0.771. The summed E-state index contributed by atoms with van der Waals surface area (Å²) >= 11 is 0. The third-order valence-corrected chi connectivity index (χ3v) is 3.70. The number of benzene rings is 2. The minimum absolute atomic E-state index is 0.0964. The van der Waals surface area contributed by atoms with Gasteiger partial charge in [-0.05, 0) is 34.9 Å². The number of halogens is 1. The molecule has 2 aromatic carbocycles. The SMILES string of the molecule is NCc1ccc(C(=O)Nc2ccncc2F)cc1-c1ccccc1.